The third kappa shape index (κ3) is 5.24. The number of hydrogen-bond acceptors (Lipinski definition) is 5. The van der Waals surface area contributed by atoms with Crippen LogP contribution in [0.1, 0.15) is 6.92 Å². The minimum Gasteiger partial charge on any atom is -0.480 e. The molecular formula is C17H19NO4S3. The summed E-state index contributed by atoms with van der Waals surface area (Å²) in [4.78, 5) is 13.1. The maximum absolute atomic E-state index is 12.8. The van der Waals surface area contributed by atoms with Gasteiger partial charge in [-0.3, -0.25) is 4.79 Å². The molecule has 0 radical (unpaired) electrons. The van der Waals surface area contributed by atoms with E-state index in [4.69, 9.17) is 5.11 Å². The lowest BCUT2D eigenvalue weighted by Gasteiger charge is -2.25. The highest BCUT2D eigenvalue weighted by Crippen LogP contribution is 2.29. The van der Waals surface area contributed by atoms with Crippen LogP contribution in [0.2, 0.25) is 0 Å². The monoisotopic (exact) mass is 397 g/mol. The first-order valence-corrected chi connectivity index (χ1v) is 10.4. The lowest BCUT2D eigenvalue weighted by atomic mass is 10.4. The van der Waals surface area contributed by atoms with Crippen molar-refractivity contribution >= 4 is 40.4 Å². The van der Waals surface area contributed by atoms with Gasteiger partial charge in [-0.1, -0.05) is 30.0 Å². The van der Waals surface area contributed by atoms with Crippen molar-refractivity contribution in [1.82, 2.24) is 4.31 Å². The molecule has 8 heteroatoms. The van der Waals surface area contributed by atoms with Crippen LogP contribution in [0.15, 0.2) is 69.3 Å². The number of carboxylic acid groups (broad SMARTS) is 1. The van der Waals surface area contributed by atoms with E-state index in [1.54, 1.807) is 19.1 Å². The standard InChI is InChI=1S/C17H19NO4S3/c1-13(12-23)18(11-17(19)20)25(21,22)16-9-7-15(8-10-16)24-14-5-3-2-4-6-14/h2-10,13,23H,11-12H2,1H3,(H,19,20)/t13-/m1/s1. The molecule has 0 saturated carbocycles. The minimum absolute atomic E-state index is 0.0693. The molecule has 0 saturated heterocycles. The number of thiol groups is 1. The van der Waals surface area contributed by atoms with Gasteiger partial charge >= 0.3 is 5.97 Å². The number of sulfonamides is 1. The van der Waals surface area contributed by atoms with Crippen LogP contribution in [0.25, 0.3) is 0 Å². The van der Waals surface area contributed by atoms with Gasteiger partial charge in [0.2, 0.25) is 10.0 Å². The molecule has 5 nitrogen and oxygen atoms in total. The van der Waals surface area contributed by atoms with E-state index in [-0.39, 0.29) is 10.6 Å². The van der Waals surface area contributed by atoms with Crippen LogP contribution >= 0.6 is 24.4 Å². The highest BCUT2D eigenvalue weighted by molar-refractivity contribution is 7.99. The minimum atomic E-state index is -3.90. The van der Waals surface area contributed by atoms with Crippen molar-refractivity contribution in [3.8, 4) is 0 Å². The predicted molar refractivity (Wildman–Crippen MR) is 102 cm³/mol. The summed E-state index contributed by atoms with van der Waals surface area (Å²) in [6.07, 6.45) is 0. The van der Waals surface area contributed by atoms with Crippen molar-refractivity contribution in [1.29, 1.82) is 0 Å². The normalized spacial score (nSPS) is 12.9. The summed E-state index contributed by atoms with van der Waals surface area (Å²) in [5.74, 6) is -0.970. The highest BCUT2D eigenvalue weighted by atomic mass is 32.2. The average molecular weight is 398 g/mol. The Hall–Kier alpha value is -1.48. The van der Waals surface area contributed by atoms with Crippen molar-refractivity contribution in [2.24, 2.45) is 0 Å². The Morgan fingerprint density at radius 2 is 1.68 bits per heavy atom. The molecular weight excluding hydrogens is 378 g/mol. The van der Waals surface area contributed by atoms with Gasteiger partial charge in [0.25, 0.3) is 0 Å². The first-order valence-electron chi connectivity index (χ1n) is 7.52. The fourth-order valence-corrected chi connectivity index (χ4v) is 4.87. The number of nitrogens with zero attached hydrogens (tertiary/aromatic N) is 1. The Kier molecular flexibility index (Phi) is 6.95. The van der Waals surface area contributed by atoms with Gasteiger partial charge in [0.1, 0.15) is 6.54 Å². The van der Waals surface area contributed by atoms with Crippen LogP contribution in [-0.2, 0) is 14.8 Å². The Morgan fingerprint density at radius 1 is 1.12 bits per heavy atom. The molecule has 1 atom stereocenters. The molecule has 25 heavy (non-hydrogen) atoms. The number of aliphatic carboxylic acids is 1. The van der Waals surface area contributed by atoms with E-state index in [1.165, 1.54) is 23.9 Å². The molecule has 2 aromatic rings. The predicted octanol–water partition coefficient (Wildman–Crippen LogP) is 3.23. The molecule has 1 N–H and O–H groups in total. The summed E-state index contributed by atoms with van der Waals surface area (Å²) >= 11 is 5.61. The van der Waals surface area contributed by atoms with Crippen molar-refractivity contribution in [2.45, 2.75) is 27.7 Å². The van der Waals surface area contributed by atoms with E-state index in [0.29, 0.717) is 0 Å². The Bertz CT molecular complexity index is 808. The molecule has 0 spiro atoms. The van der Waals surface area contributed by atoms with Crippen molar-refractivity contribution in [3.63, 3.8) is 0 Å². The van der Waals surface area contributed by atoms with E-state index in [2.05, 4.69) is 12.6 Å². The van der Waals surface area contributed by atoms with Crippen LogP contribution in [0.3, 0.4) is 0 Å². The third-order valence-corrected chi connectivity index (χ3v) is 6.97. The zero-order valence-corrected chi connectivity index (χ0v) is 16.1. The zero-order chi connectivity index (χ0) is 18.4. The molecule has 0 heterocycles. The fraction of sp³-hybridized carbons (Fsp3) is 0.235. The van der Waals surface area contributed by atoms with Gasteiger partial charge in [-0.2, -0.15) is 16.9 Å². The first-order chi connectivity index (χ1) is 11.8. The zero-order valence-electron chi connectivity index (χ0n) is 13.6. The van der Waals surface area contributed by atoms with E-state index in [1.807, 2.05) is 30.3 Å². The molecule has 0 fully saturated rings. The van der Waals surface area contributed by atoms with Gasteiger partial charge in [0.05, 0.1) is 4.90 Å². The number of benzene rings is 2. The third-order valence-electron chi connectivity index (χ3n) is 3.46. The van der Waals surface area contributed by atoms with Gasteiger partial charge in [0.15, 0.2) is 0 Å². The average Bonchev–Trinajstić information content (AvgIpc) is 2.60. The van der Waals surface area contributed by atoms with Crippen LogP contribution in [0.4, 0.5) is 0 Å². The van der Waals surface area contributed by atoms with Gasteiger partial charge in [-0.15, -0.1) is 0 Å². The van der Waals surface area contributed by atoms with E-state index < -0.39 is 28.6 Å². The maximum atomic E-state index is 12.8. The molecule has 2 aromatic carbocycles. The molecule has 0 aliphatic heterocycles. The maximum Gasteiger partial charge on any atom is 0.318 e. The molecule has 0 unspecified atom stereocenters. The SMILES string of the molecule is C[C@H](CS)N(CC(=O)O)S(=O)(=O)c1ccc(Sc2ccccc2)cc1. The van der Waals surface area contributed by atoms with Gasteiger partial charge < -0.3 is 5.11 Å². The van der Waals surface area contributed by atoms with E-state index >= 15 is 0 Å². The molecule has 0 aliphatic rings. The van der Waals surface area contributed by atoms with Gasteiger partial charge in [-0.05, 0) is 43.3 Å². The lowest BCUT2D eigenvalue weighted by molar-refractivity contribution is -0.137. The Balaban J connectivity index is 2.25. The molecule has 0 bridgehead atoms. The van der Waals surface area contributed by atoms with Crippen molar-refractivity contribution < 1.29 is 18.3 Å². The van der Waals surface area contributed by atoms with Gasteiger partial charge in [-0.25, -0.2) is 8.42 Å². The summed E-state index contributed by atoms with van der Waals surface area (Å²) < 4.78 is 26.5. The van der Waals surface area contributed by atoms with Gasteiger partial charge in [0, 0.05) is 21.6 Å². The summed E-state index contributed by atoms with van der Waals surface area (Å²) in [5.41, 5.74) is 0. The molecule has 0 amide bonds. The van der Waals surface area contributed by atoms with E-state index in [0.717, 1.165) is 14.1 Å². The molecule has 2 rings (SSSR count). The van der Waals surface area contributed by atoms with Crippen LogP contribution < -0.4 is 0 Å². The summed E-state index contributed by atoms with van der Waals surface area (Å²) in [6, 6.07) is 15.7. The smallest absolute Gasteiger partial charge is 0.318 e. The second-order valence-corrected chi connectivity index (χ2v) is 8.76. The van der Waals surface area contributed by atoms with Crippen LogP contribution in [0, 0.1) is 0 Å². The Morgan fingerprint density at radius 3 is 2.20 bits per heavy atom. The number of carbonyl (C=O) groups is 1. The van der Waals surface area contributed by atoms with Crippen molar-refractivity contribution in [2.75, 3.05) is 12.3 Å². The first kappa shape index (κ1) is 19.8. The van der Waals surface area contributed by atoms with Crippen LogP contribution in [0.5, 0.6) is 0 Å². The van der Waals surface area contributed by atoms with Crippen LogP contribution in [-0.4, -0.2) is 42.1 Å². The highest BCUT2D eigenvalue weighted by Gasteiger charge is 2.30. The second kappa shape index (κ2) is 8.75. The molecule has 0 aromatic heterocycles. The molecule has 0 aliphatic carbocycles. The van der Waals surface area contributed by atoms with E-state index in [9.17, 15) is 13.2 Å². The summed E-state index contributed by atoms with van der Waals surface area (Å²) in [5, 5.41) is 9.01. The quantitative estimate of drug-likeness (QED) is 0.669. The number of rotatable bonds is 8. The number of hydrogen-bond donors (Lipinski definition) is 2. The molecule has 134 valence electrons. The lowest BCUT2D eigenvalue weighted by Crippen LogP contribution is -2.42. The topological polar surface area (TPSA) is 74.7 Å². The summed E-state index contributed by atoms with van der Waals surface area (Å²) in [6.45, 7) is 1.04. The number of carboxylic acids is 1. The Labute approximate surface area is 157 Å². The van der Waals surface area contributed by atoms with Crippen molar-refractivity contribution in [3.05, 3.63) is 54.6 Å². The summed E-state index contributed by atoms with van der Waals surface area (Å²) in [7, 11) is -3.90. The largest absolute Gasteiger partial charge is 0.480 e. The second-order valence-electron chi connectivity index (χ2n) is 5.36. The fourth-order valence-electron chi connectivity index (χ4n) is 2.14.